The molecule has 1 aromatic carbocycles. The maximum atomic E-state index is 13.5. The molecule has 0 unspecified atom stereocenters. The highest BCUT2D eigenvalue weighted by atomic mass is 19.1. The number of piperidine rings is 1. The summed E-state index contributed by atoms with van der Waals surface area (Å²) in [6.45, 7) is 2.81. The van der Waals surface area contributed by atoms with E-state index in [0.717, 1.165) is 41.9 Å². The largest absolute Gasteiger partial charge is 0.349 e. The van der Waals surface area contributed by atoms with Crippen LogP contribution in [0.25, 0.3) is 0 Å². The van der Waals surface area contributed by atoms with Gasteiger partial charge in [0.2, 0.25) is 0 Å². The fourth-order valence-corrected chi connectivity index (χ4v) is 5.96. The molecule has 2 heterocycles. The number of nitrogens with one attached hydrogen (secondary N) is 1. The van der Waals surface area contributed by atoms with Gasteiger partial charge in [0.1, 0.15) is 11.6 Å². The minimum atomic E-state index is -0.761. The van der Waals surface area contributed by atoms with Crippen LogP contribution < -0.4 is 5.32 Å². The van der Waals surface area contributed by atoms with Crippen LogP contribution in [0.1, 0.15) is 76.5 Å². The van der Waals surface area contributed by atoms with Gasteiger partial charge in [-0.1, -0.05) is 6.42 Å². The van der Waals surface area contributed by atoms with Crippen LogP contribution in [-0.2, 0) is 0 Å². The van der Waals surface area contributed by atoms with Crippen molar-refractivity contribution in [2.24, 2.45) is 11.8 Å². The molecule has 1 saturated heterocycles. The number of nitrogens with zero attached hydrogens (tertiary/aromatic N) is 2. The molecule has 1 N–H and O–H groups in total. The van der Waals surface area contributed by atoms with E-state index in [9.17, 15) is 18.4 Å². The first-order chi connectivity index (χ1) is 15.9. The molecule has 1 aromatic heterocycles. The lowest BCUT2D eigenvalue weighted by Gasteiger charge is -2.33. The number of carbonyl (C=O) groups is 2. The van der Waals surface area contributed by atoms with Crippen molar-refractivity contribution in [3.8, 4) is 0 Å². The number of aryl methyl sites for hydroxylation is 1. The van der Waals surface area contributed by atoms with Crippen molar-refractivity contribution in [1.82, 2.24) is 15.2 Å². The highest BCUT2D eigenvalue weighted by molar-refractivity contribution is 5.96. The Labute approximate surface area is 192 Å². The number of hydrogen-bond acceptors (Lipinski definition) is 3. The maximum Gasteiger partial charge on any atom is 0.254 e. The third kappa shape index (κ3) is 4.50. The Balaban J connectivity index is 1.28. The van der Waals surface area contributed by atoms with E-state index in [1.165, 1.54) is 19.3 Å². The van der Waals surface area contributed by atoms with E-state index in [-0.39, 0.29) is 29.3 Å². The topological polar surface area (TPSA) is 62.3 Å². The summed E-state index contributed by atoms with van der Waals surface area (Å²) in [6, 6.07) is 6.89. The number of rotatable bonds is 4. The van der Waals surface area contributed by atoms with Gasteiger partial charge in [-0.25, -0.2) is 8.78 Å². The van der Waals surface area contributed by atoms with Crippen LogP contribution in [0.15, 0.2) is 30.3 Å². The first-order valence-electron chi connectivity index (χ1n) is 11.9. The summed E-state index contributed by atoms with van der Waals surface area (Å²) in [6.07, 6.45) is 6.09. The van der Waals surface area contributed by atoms with E-state index < -0.39 is 11.6 Å². The molecule has 174 valence electrons. The standard InChI is InChI=1S/C26H29F2N3O2/c1-15-2-5-22(25(32)30-23-11-16-3-4-18(23)10-16)24(29-15)17-6-8-31(9-7-17)26(33)19-12-20(27)14-21(28)13-19/h2,5,12-14,16-18,23H,3-4,6-11H2,1H3,(H,30,32)/t16-,18-,23-/m0/s1. The van der Waals surface area contributed by atoms with Crippen LogP contribution in [0, 0.1) is 30.4 Å². The number of amides is 2. The van der Waals surface area contributed by atoms with E-state index in [2.05, 4.69) is 5.32 Å². The summed E-state index contributed by atoms with van der Waals surface area (Å²) in [4.78, 5) is 32.3. The Bertz CT molecular complexity index is 1060. The van der Waals surface area contributed by atoms with Crippen molar-refractivity contribution in [2.75, 3.05) is 13.1 Å². The van der Waals surface area contributed by atoms with Crippen molar-refractivity contribution < 1.29 is 18.4 Å². The fourth-order valence-electron chi connectivity index (χ4n) is 5.96. The number of hydrogen-bond donors (Lipinski definition) is 1. The van der Waals surface area contributed by atoms with Crippen LogP contribution in [0.3, 0.4) is 0 Å². The van der Waals surface area contributed by atoms with Gasteiger partial charge in [0, 0.05) is 42.4 Å². The second-order valence-electron chi connectivity index (χ2n) is 9.86. The molecule has 2 aromatic rings. The average molecular weight is 454 g/mol. The molecule has 2 saturated carbocycles. The molecule has 3 fully saturated rings. The van der Waals surface area contributed by atoms with Crippen molar-refractivity contribution in [3.05, 3.63) is 64.5 Å². The normalized spacial score (nSPS) is 24.8. The molecule has 7 heteroatoms. The van der Waals surface area contributed by atoms with Crippen molar-refractivity contribution in [2.45, 2.75) is 57.4 Å². The number of likely N-dealkylation sites (tertiary alicyclic amines) is 1. The minimum Gasteiger partial charge on any atom is -0.349 e. The van der Waals surface area contributed by atoms with Gasteiger partial charge in [-0.2, -0.15) is 0 Å². The second kappa shape index (κ2) is 8.84. The lowest BCUT2D eigenvalue weighted by molar-refractivity contribution is 0.0709. The zero-order valence-electron chi connectivity index (χ0n) is 18.8. The quantitative estimate of drug-likeness (QED) is 0.736. The Morgan fingerprint density at radius 3 is 2.36 bits per heavy atom. The predicted molar refractivity (Wildman–Crippen MR) is 120 cm³/mol. The van der Waals surface area contributed by atoms with E-state index in [4.69, 9.17) is 4.98 Å². The first-order valence-corrected chi connectivity index (χ1v) is 11.9. The average Bonchev–Trinajstić information content (AvgIpc) is 3.41. The molecule has 33 heavy (non-hydrogen) atoms. The molecule has 0 radical (unpaired) electrons. The number of pyridine rings is 1. The summed E-state index contributed by atoms with van der Waals surface area (Å²) in [5.74, 6) is -0.542. The zero-order chi connectivity index (χ0) is 23.1. The van der Waals surface area contributed by atoms with E-state index in [1.807, 2.05) is 19.1 Å². The van der Waals surface area contributed by atoms with Crippen molar-refractivity contribution >= 4 is 11.8 Å². The third-order valence-electron chi connectivity index (χ3n) is 7.64. The molecule has 5 nitrogen and oxygen atoms in total. The van der Waals surface area contributed by atoms with E-state index in [0.29, 0.717) is 37.4 Å². The van der Waals surface area contributed by atoms with Gasteiger partial charge in [0.15, 0.2) is 0 Å². The Kier molecular flexibility index (Phi) is 5.89. The fraction of sp³-hybridized carbons (Fsp3) is 0.500. The summed E-state index contributed by atoms with van der Waals surface area (Å²) in [5, 5.41) is 3.27. The van der Waals surface area contributed by atoms with Crippen LogP contribution >= 0.6 is 0 Å². The molecule has 0 spiro atoms. The van der Waals surface area contributed by atoms with Crippen molar-refractivity contribution in [1.29, 1.82) is 0 Å². The molecular weight excluding hydrogens is 424 g/mol. The molecule has 2 aliphatic carbocycles. The van der Waals surface area contributed by atoms with Crippen LogP contribution in [0.4, 0.5) is 8.78 Å². The number of fused-ring (bicyclic) bond motifs is 2. The Hall–Kier alpha value is -2.83. The summed E-state index contributed by atoms with van der Waals surface area (Å²) < 4.78 is 27.1. The lowest BCUT2D eigenvalue weighted by atomic mass is 9.89. The second-order valence-corrected chi connectivity index (χ2v) is 9.86. The third-order valence-corrected chi connectivity index (χ3v) is 7.64. The lowest BCUT2D eigenvalue weighted by Crippen LogP contribution is -2.40. The molecule has 2 amide bonds. The van der Waals surface area contributed by atoms with Crippen LogP contribution in [0.2, 0.25) is 0 Å². The number of aromatic nitrogens is 1. The molecule has 5 rings (SSSR count). The molecule has 2 bridgehead atoms. The van der Waals surface area contributed by atoms with E-state index in [1.54, 1.807) is 4.90 Å². The predicted octanol–water partition coefficient (Wildman–Crippen LogP) is 4.61. The maximum absolute atomic E-state index is 13.5. The Morgan fingerprint density at radius 1 is 1.00 bits per heavy atom. The first kappa shape index (κ1) is 22.0. The van der Waals surface area contributed by atoms with Gasteiger partial charge >= 0.3 is 0 Å². The minimum absolute atomic E-state index is 0.0190. The van der Waals surface area contributed by atoms with Gasteiger partial charge in [0.25, 0.3) is 11.8 Å². The Morgan fingerprint density at radius 2 is 1.73 bits per heavy atom. The summed E-state index contributed by atoms with van der Waals surface area (Å²) >= 11 is 0. The number of halogens is 2. The highest BCUT2D eigenvalue weighted by Gasteiger charge is 2.40. The van der Waals surface area contributed by atoms with Gasteiger partial charge < -0.3 is 10.2 Å². The van der Waals surface area contributed by atoms with Gasteiger partial charge in [-0.3, -0.25) is 14.6 Å². The molecular formula is C26H29F2N3O2. The SMILES string of the molecule is Cc1ccc(C(=O)N[C@H]2C[C@H]3CC[C@H]2C3)c(C2CCN(C(=O)c3cc(F)cc(F)c3)CC2)n1. The van der Waals surface area contributed by atoms with Crippen LogP contribution in [0.5, 0.6) is 0 Å². The van der Waals surface area contributed by atoms with Gasteiger partial charge in [0.05, 0.1) is 11.3 Å². The monoisotopic (exact) mass is 453 g/mol. The molecule has 3 aliphatic rings. The van der Waals surface area contributed by atoms with Crippen molar-refractivity contribution in [3.63, 3.8) is 0 Å². The van der Waals surface area contributed by atoms with Gasteiger partial charge in [-0.15, -0.1) is 0 Å². The number of carbonyl (C=O) groups excluding carboxylic acids is 2. The zero-order valence-corrected chi connectivity index (χ0v) is 18.8. The van der Waals surface area contributed by atoms with Crippen LogP contribution in [-0.4, -0.2) is 40.8 Å². The smallest absolute Gasteiger partial charge is 0.254 e. The van der Waals surface area contributed by atoms with Gasteiger partial charge in [-0.05, 0) is 75.1 Å². The number of benzene rings is 1. The van der Waals surface area contributed by atoms with E-state index >= 15 is 0 Å². The summed E-state index contributed by atoms with van der Waals surface area (Å²) in [7, 11) is 0. The summed E-state index contributed by atoms with van der Waals surface area (Å²) in [5.41, 5.74) is 2.29. The highest BCUT2D eigenvalue weighted by Crippen LogP contribution is 2.44. The molecule has 3 atom stereocenters. The molecule has 1 aliphatic heterocycles.